The van der Waals surface area contributed by atoms with Gasteiger partial charge in [-0.1, -0.05) is 6.42 Å². The highest BCUT2D eigenvalue weighted by atomic mass is 32.2. The second kappa shape index (κ2) is 4.34. The number of hydrogen-bond acceptors (Lipinski definition) is 3. The fourth-order valence-corrected chi connectivity index (χ4v) is 3.10. The van der Waals surface area contributed by atoms with E-state index < -0.39 is 29.2 Å². The maximum atomic E-state index is 11.7. The molecule has 4 N–H and O–H groups in total. The van der Waals surface area contributed by atoms with Crippen LogP contribution in [0.25, 0.3) is 0 Å². The van der Waals surface area contributed by atoms with Crippen LogP contribution in [0, 0.1) is 5.92 Å². The number of urea groups is 1. The van der Waals surface area contributed by atoms with Crippen LogP contribution in [-0.4, -0.2) is 16.5 Å². The molecule has 3 amide bonds. The Kier molecular flexibility index (Phi) is 3.06. The Balaban J connectivity index is 2.38. The first-order valence-electron chi connectivity index (χ1n) is 5.11. The zero-order valence-electron chi connectivity index (χ0n) is 8.62. The summed E-state index contributed by atoms with van der Waals surface area (Å²) in [6.07, 6.45) is 2.92. The van der Waals surface area contributed by atoms with E-state index in [1.807, 2.05) is 0 Å². The molecular weight excluding hydrogens is 230 g/mol. The van der Waals surface area contributed by atoms with Crippen molar-refractivity contribution in [3.63, 3.8) is 0 Å². The van der Waals surface area contributed by atoms with Crippen LogP contribution in [-0.2, 0) is 16.2 Å². The minimum Gasteiger partial charge on any atom is -0.588 e. The number of carbonyl (C=O) groups is 2. The van der Waals surface area contributed by atoms with Crippen molar-refractivity contribution < 1.29 is 14.1 Å². The number of primary amides is 1. The molecule has 2 aliphatic rings. The molecule has 2 rings (SSSR count). The summed E-state index contributed by atoms with van der Waals surface area (Å²) in [6, 6.07) is -0.537. The summed E-state index contributed by atoms with van der Waals surface area (Å²) in [4.78, 5) is 23.1. The van der Waals surface area contributed by atoms with Gasteiger partial charge in [0, 0.05) is 6.42 Å². The zero-order chi connectivity index (χ0) is 11.7. The fourth-order valence-electron chi connectivity index (χ4n) is 2.03. The van der Waals surface area contributed by atoms with Crippen molar-refractivity contribution in [3.8, 4) is 0 Å². The predicted molar refractivity (Wildman–Crippen MR) is 58.0 cm³/mol. The smallest absolute Gasteiger partial charge is 0.360 e. The summed E-state index contributed by atoms with van der Waals surface area (Å²) in [5, 5.41) is 2.56. The summed E-state index contributed by atoms with van der Waals surface area (Å²) in [6.45, 7) is 0. The number of nitrogens with two attached hydrogens (primary N) is 1. The van der Waals surface area contributed by atoms with Gasteiger partial charge in [-0.05, 0) is 12.8 Å². The van der Waals surface area contributed by atoms with Gasteiger partial charge in [0.1, 0.15) is 11.4 Å². The van der Waals surface area contributed by atoms with Crippen LogP contribution >= 0.6 is 0 Å². The van der Waals surface area contributed by atoms with E-state index in [0.717, 1.165) is 12.8 Å². The highest BCUT2D eigenvalue weighted by Crippen LogP contribution is 2.31. The van der Waals surface area contributed by atoms with E-state index in [2.05, 4.69) is 10.0 Å². The number of carbonyl (C=O) groups excluding carboxylic acids is 2. The van der Waals surface area contributed by atoms with Gasteiger partial charge in [0.15, 0.2) is 4.91 Å². The highest BCUT2D eigenvalue weighted by molar-refractivity contribution is 7.94. The van der Waals surface area contributed by atoms with E-state index in [4.69, 9.17) is 5.73 Å². The molecule has 1 heterocycles. The van der Waals surface area contributed by atoms with Crippen molar-refractivity contribution >= 4 is 23.3 Å². The number of allylic oxidation sites excluding steroid dienone is 1. The Morgan fingerprint density at radius 3 is 2.94 bits per heavy atom. The van der Waals surface area contributed by atoms with Gasteiger partial charge in [-0.25, -0.2) is 4.79 Å². The number of nitrogens with one attached hydrogen (secondary N) is 2. The Labute approximate surface area is 95.9 Å². The lowest BCUT2D eigenvalue weighted by atomic mass is 10.00. The van der Waals surface area contributed by atoms with Crippen molar-refractivity contribution in [2.45, 2.75) is 25.7 Å². The number of hydrogen-bond donors (Lipinski definition) is 3. The van der Waals surface area contributed by atoms with Crippen molar-refractivity contribution in [2.24, 2.45) is 11.7 Å². The van der Waals surface area contributed by atoms with Crippen LogP contribution < -0.4 is 15.8 Å². The molecule has 0 saturated heterocycles. The molecule has 2 atom stereocenters. The number of amides is 3. The third-order valence-electron chi connectivity index (χ3n) is 2.80. The SMILES string of the molecule is NC(=O)C1CCCCC2=C1NC(=O)N[S+]2[O-]. The predicted octanol–water partition coefficient (Wildman–Crippen LogP) is -0.150. The molecule has 0 spiro atoms. The van der Waals surface area contributed by atoms with Crippen LogP contribution in [0.1, 0.15) is 25.7 Å². The molecule has 0 aromatic rings. The summed E-state index contributed by atoms with van der Waals surface area (Å²) in [5.74, 6) is -0.999. The third kappa shape index (κ3) is 2.00. The van der Waals surface area contributed by atoms with Gasteiger partial charge < -0.3 is 15.6 Å². The summed E-state index contributed by atoms with van der Waals surface area (Å²) < 4.78 is 14.0. The Hall–Kier alpha value is -1.21. The van der Waals surface area contributed by atoms with E-state index in [1.165, 1.54) is 0 Å². The van der Waals surface area contributed by atoms with E-state index in [-0.39, 0.29) is 0 Å². The van der Waals surface area contributed by atoms with Gasteiger partial charge in [-0.15, -0.1) is 4.72 Å². The van der Waals surface area contributed by atoms with Gasteiger partial charge >= 0.3 is 6.03 Å². The summed E-state index contributed by atoms with van der Waals surface area (Å²) in [7, 11) is 0. The van der Waals surface area contributed by atoms with Gasteiger partial charge in [-0.2, -0.15) is 0 Å². The minimum atomic E-state index is -1.53. The summed E-state index contributed by atoms with van der Waals surface area (Å²) >= 11 is -1.53. The largest absolute Gasteiger partial charge is 0.588 e. The molecular formula is C9H13N3O3S. The first-order valence-corrected chi connectivity index (χ1v) is 6.26. The molecule has 16 heavy (non-hydrogen) atoms. The van der Waals surface area contributed by atoms with Crippen molar-refractivity contribution in [2.75, 3.05) is 0 Å². The Morgan fingerprint density at radius 2 is 2.25 bits per heavy atom. The monoisotopic (exact) mass is 243 g/mol. The molecule has 0 saturated carbocycles. The van der Waals surface area contributed by atoms with Crippen molar-refractivity contribution in [1.82, 2.24) is 10.0 Å². The standard InChI is InChI=1S/C9H13N3O3S/c10-8(13)5-3-1-2-4-6-7(5)11-9(14)12-16(6)15/h5H,1-4H2,(H2,10,13)(H2,11,12,14). The Morgan fingerprint density at radius 1 is 1.50 bits per heavy atom. The van der Waals surface area contributed by atoms with Crippen LogP contribution in [0.2, 0.25) is 0 Å². The molecule has 6 nitrogen and oxygen atoms in total. The average molecular weight is 243 g/mol. The maximum absolute atomic E-state index is 11.7. The van der Waals surface area contributed by atoms with Crippen LogP contribution in [0.4, 0.5) is 4.79 Å². The molecule has 0 aromatic heterocycles. The van der Waals surface area contributed by atoms with Crippen molar-refractivity contribution in [3.05, 3.63) is 10.6 Å². The molecule has 1 aliphatic heterocycles. The molecule has 7 heteroatoms. The van der Waals surface area contributed by atoms with E-state index in [9.17, 15) is 14.1 Å². The van der Waals surface area contributed by atoms with Crippen LogP contribution in [0.3, 0.4) is 0 Å². The fraction of sp³-hybridized carbons (Fsp3) is 0.556. The van der Waals surface area contributed by atoms with Gasteiger partial charge in [0.25, 0.3) is 0 Å². The van der Waals surface area contributed by atoms with Gasteiger partial charge in [-0.3, -0.25) is 4.79 Å². The second-order valence-corrected chi connectivity index (χ2v) is 5.10. The molecule has 1 aliphatic carbocycles. The van der Waals surface area contributed by atoms with E-state index >= 15 is 0 Å². The lowest BCUT2D eigenvalue weighted by molar-refractivity contribution is -0.120. The molecule has 2 unspecified atom stereocenters. The van der Waals surface area contributed by atoms with E-state index in [1.54, 1.807) is 0 Å². The topological polar surface area (TPSA) is 107 Å². The zero-order valence-corrected chi connectivity index (χ0v) is 9.43. The first-order chi connectivity index (χ1) is 7.59. The molecule has 0 fully saturated rings. The lowest BCUT2D eigenvalue weighted by Gasteiger charge is -2.24. The van der Waals surface area contributed by atoms with Gasteiger partial charge in [0.05, 0.1) is 11.6 Å². The van der Waals surface area contributed by atoms with Crippen molar-refractivity contribution in [1.29, 1.82) is 0 Å². The van der Waals surface area contributed by atoms with Crippen LogP contribution in [0.15, 0.2) is 10.6 Å². The quantitative estimate of drug-likeness (QED) is 0.557. The Bertz CT molecular complexity index is 369. The minimum absolute atomic E-state index is 0.451. The normalized spacial score (nSPS) is 29.9. The second-order valence-electron chi connectivity index (χ2n) is 3.86. The van der Waals surface area contributed by atoms with Crippen LogP contribution in [0.5, 0.6) is 0 Å². The van der Waals surface area contributed by atoms with E-state index in [0.29, 0.717) is 23.4 Å². The molecule has 0 bridgehead atoms. The molecule has 0 radical (unpaired) electrons. The maximum Gasteiger partial charge on any atom is 0.360 e. The average Bonchev–Trinajstić information content (AvgIpc) is 2.39. The summed E-state index contributed by atoms with van der Waals surface area (Å²) in [5.41, 5.74) is 5.74. The third-order valence-corrected chi connectivity index (χ3v) is 4.04. The molecule has 0 aromatic carbocycles. The first kappa shape index (κ1) is 11.3. The number of rotatable bonds is 1. The van der Waals surface area contributed by atoms with Gasteiger partial charge in [0.2, 0.25) is 5.91 Å². The highest BCUT2D eigenvalue weighted by Gasteiger charge is 2.37. The lowest BCUT2D eigenvalue weighted by Crippen LogP contribution is -2.48. The molecule has 88 valence electrons.